The summed E-state index contributed by atoms with van der Waals surface area (Å²) in [5.74, 6) is 0. The molecule has 1 aromatic rings. The molecular formula is C7H9ClF2N2O. The van der Waals surface area contributed by atoms with Crippen LogP contribution in [-0.2, 0) is 6.54 Å². The molecule has 0 aliphatic rings. The molecule has 0 aromatic carbocycles. The molecular weight excluding hydrogens is 202 g/mol. The van der Waals surface area contributed by atoms with Crippen molar-refractivity contribution in [2.45, 2.75) is 25.0 Å². The molecule has 6 heteroatoms. The summed E-state index contributed by atoms with van der Waals surface area (Å²) in [5.41, 5.74) is 0.0162. The zero-order chi connectivity index (χ0) is 10.1. The molecule has 0 amide bonds. The molecule has 1 atom stereocenters. The number of hydrogen-bond acceptors (Lipinski definition) is 2. The number of alkyl halides is 3. The molecule has 1 rings (SSSR count). The molecule has 0 aliphatic carbocycles. The highest BCUT2D eigenvalue weighted by Gasteiger charge is 2.38. The first kappa shape index (κ1) is 10.4. The second-order valence-corrected chi connectivity index (χ2v) is 3.02. The lowest BCUT2D eigenvalue weighted by molar-refractivity contribution is -0.0467. The predicted molar refractivity (Wildman–Crippen MR) is 43.7 cm³/mol. The molecule has 13 heavy (non-hydrogen) atoms. The van der Waals surface area contributed by atoms with Crippen molar-refractivity contribution in [3.63, 3.8) is 0 Å². The third kappa shape index (κ3) is 2.16. The van der Waals surface area contributed by atoms with E-state index in [1.807, 2.05) is 0 Å². The van der Waals surface area contributed by atoms with E-state index in [9.17, 15) is 8.78 Å². The molecule has 1 N–H and O–H groups in total. The van der Waals surface area contributed by atoms with E-state index < -0.39 is 11.5 Å². The summed E-state index contributed by atoms with van der Waals surface area (Å²) in [4.78, 5) is 0. The van der Waals surface area contributed by atoms with Gasteiger partial charge in [-0.2, -0.15) is 13.9 Å². The maximum absolute atomic E-state index is 12.5. The summed E-state index contributed by atoms with van der Waals surface area (Å²) < 4.78 is 26.2. The van der Waals surface area contributed by atoms with Crippen molar-refractivity contribution in [1.29, 1.82) is 0 Å². The molecule has 0 radical (unpaired) electrons. The Morgan fingerprint density at radius 1 is 1.77 bits per heavy atom. The normalized spacial score (nSPS) is 14.5. The lowest BCUT2D eigenvalue weighted by Crippen LogP contribution is -2.22. The van der Waals surface area contributed by atoms with Crippen LogP contribution in [0.3, 0.4) is 0 Å². The minimum atomic E-state index is -3.66. The monoisotopic (exact) mass is 210 g/mol. The summed E-state index contributed by atoms with van der Waals surface area (Å²) >= 11 is 4.68. The van der Waals surface area contributed by atoms with Crippen LogP contribution in [0.1, 0.15) is 18.7 Å². The zero-order valence-electron chi connectivity index (χ0n) is 6.91. The molecule has 0 aliphatic heterocycles. The van der Waals surface area contributed by atoms with Crippen molar-refractivity contribution in [1.82, 2.24) is 9.78 Å². The number of hydrogen-bond donors (Lipinski definition) is 1. The van der Waals surface area contributed by atoms with Crippen LogP contribution in [0.15, 0.2) is 12.3 Å². The molecule has 0 fully saturated rings. The van der Waals surface area contributed by atoms with E-state index >= 15 is 0 Å². The average molecular weight is 211 g/mol. The molecule has 1 unspecified atom stereocenters. The van der Waals surface area contributed by atoms with Crippen molar-refractivity contribution < 1.29 is 13.9 Å². The second-order valence-electron chi connectivity index (χ2n) is 2.52. The molecule has 0 saturated heterocycles. The van der Waals surface area contributed by atoms with Gasteiger partial charge in [0.15, 0.2) is 6.10 Å². The smallest absolute Gasteiger partial charge is 0.352 e. The highest BCUT2D eigenvalue weighted by atomic mass is 35.5. The molecule has 0 saturated carbocycles. The molecule has 74 valence electrons. The Bertz CT molecular complexity index is 284. The Kier molecular flexibility index (Phi) is 2.87. The van der Waals surface area contributed by atoms with Gasteiger partial charge in [-0.3, -0.25) is 4.68 Å². The van der Waals surface area contributed by atoms with Crippen molar-refractivity contribution in [3.8, 4) is 0 Å². The standard InChI is InChI=1S/C7H9ClF2N2O/c1-2-12-5(3-4-11-12)6(13)7(8,9)10/h3-4,6,13H,2H2,1H3. The first-order valence-corrected chi connectivity index (χ1v) is 4.11. The number of nitrogens with zero attached hydrogens (tertiary/aromatic N) is 2. The van der Waals surface area contributed by atoms with E-state index in [1.165, 1.54) is 16.9 Å². The molecule has 0 bridgehead atoms. The fourth-order valence-corrected chi connectivity index (χ4v) is 1.12. The van der Waals surface area contributed by atoms with Gasteiger partial charge in [0.05, 0.1) is 5.69 Å². The van der Waals surface area contributed by atoms with Gasteiger partial charge in [-0.15, -0.1) is 0 Å². The molecule has 3 nitrogen and oxygen atoms in total. The van der Waals surface area contributed by atoms with E-state index in [2.05, 4.69) is 16.7 Å². The highest BCUT2D eigenvalue weighted by molar-refractivity contribution is 6.22. The van der Waals surface area contributed by atoms with E-state index in [1.54, 1.807) is 6.92 Å². The van der Waals surface area contributed by atoms with Crippen molar-refractivity contribution in [3.05, 3.63) is 18.0 Å². The fourth-order valence-electron chi connectivity index (χ4n) is 1.01. The maximum atomic E-state index is 12.5. The van der Waals surface area contributed by atoms with Crippen LogP contribution >= 0.6 is 11.6 Å². The van der Waals surface area contributed by atoms with Crippen LogP contribution in [0.2, 0.25) is 0 Å². The summed E-state index contributed by atoms with van der Waals surface area (Å²) in [6.07, 6.45) is -0.679. The van der Waals surface area contributed by atoms with Gasteiger partial charge in [-0.25, -0.2) is 0 Å². The van der Waals surface area contributed by atoms with Crippen LogP contribution in [-0.4, -0.2) is 20.3 Å². The van der Waals surface area contributed by atoms with Crippen molar-refractivity contribution in [2.75, 3.05) is 0 Å². The number of rotatable bonds is 3. The van der Waals surface area contributed by atoms with Gasteiger partial charge in [0, 0.05) is 12.7 Å². The molecule has 1 aromatic heterocycles. The van der Waals surface area contributed by atoms with E-state index in [-0.39, 0.29) is 5.69 Å². The van der Waals surface area contributed by atoms with Crippen LogP contribution in [0.4, 0.5) is 8.78 Å². The molecule has 1 heterocycles. The number of aliphatic hydroxyl groups is 1. The highest BCUT2D eigenvalue weighted by Crippen LogP contribution is 2.34. The van der Waals surface area contributed by atoms with Crippen LogP contribution in [0, 0.1) is 0 Å². The Morgan fingerprint density at radius 3 is 2.85 bits per heavy atom. The lowest BCUT2D eigenvalue weighted by atomic mass is 10.2. The van der Waals surface area contributed by atoms with Crippen LogP contribution in [0.25, 0.3) is 0 Å². The third-order valence-electron chi connectivity index (χ3n) is 1.64. The fraction of sp³-hybridized carbons (Fsp3) is 0.571. The van der Waals surface area contributed by atoms with Gasteiger partial charge in [-0.05, 0) is 24.6 Å². The number of aliphatic hydroxyl groups excluding tert-OH is 1. The number of aryl methyl sites for hydroxylation is 1. The average Bonchev–Trinajstić information content (AvgIpc) is 2.48. The Labute approximate surface area is 78.9 Å². The zero-order valence-corrected chi connectivity index (χ0v) is 7.67. The molecule has 0 spiro atoms. The SMILES string of the molecule is CCn1nccc1C(O)C(F)(F)Cl. The third-order valence-corrected chi connectivity index (χ3v) is 1.85. The number of halogens is 3. The summed E-state index contributed by atoms with van der Waals surface area (Å²) in [7, 11) is 0. The van der Waals surface area contributed by atoms with Gasteiger partial charge in [0.25, 0.3) is 0 Å². The van der Waals surface area contributed by atoms with Crippen LogP contribution < -0.4 is 0 Å². The lowest BCUT2D eigenvalue weighted by Gasteiger charge is -2.16. The minimum Gasteiger partial charge on any atom is -0.379 e. The predicted octanol–water partition coefficient (Wildman–Crippen LogP) is 1.77. The largest absolute Gasteiger partial charge is 0.379 e. The van der Waals surface area contributed by atoms with Crippen molar-refractivity contribution in [2.24, 2.45) is 0 Å². The maximum Gasteiger partial charge on any atom is 0.352 e. The topological polar surface area (TPSA) is 38.0 Å². The Morgan fingerprint density at radius 2 is 2.38 bits per heavy atom. The first-order valence-electron chi connectivity index (χ1n) is 3.73. The van der Waals surface area contributed by atoms with E-state index in [0.29, 0.717) is 6.54 Å². The quantitative estimate of drug-likeness (QED) is 0.773. The van der Waals surface area contributed by atoms with Gasteiger partial charge < -0.3 is 5.11 Å². The van der Waals surface area contributed by atoms with E-state index in [0.717, 1.165) is 0 Å². The van der Waals surface area contributed by atoms with Crippen LogP contribution in [0.5, 0.6) is 0 Å². The van der Waals surface area contributed by atoms with Gasteiger partial charge >= 0.3 is 5.38 Å². The van der Waals surface area contributed by atoms with Crippen molar-refractivity contribution >= 4 is 11.6 Å². The summed E-state index contributed by atoms with van der Waals surface area (Å²) in [6, 6.07) is 1.31. The minimum absolute atomic E-state index is 0.0162. The van der Waals surface area contributed by atoms with Gasteiger partial charge in [0.2, 0.25) is 0 Å². The second kappa shape index (κ2) is 3.59. The Hall–Kier alpha value is -0.680. The number of aromatic nitrogens is 2. The summed E-state index contributed by atoms with van der Waals surface area (Å²) in [5, 5.41) is 9.19. The first-order chi connectivity index (χ1) is 5.96. The van der Waals surface area contributed by atoms with Gasteiger partial charge in [-0.1, -0.05) is 0 Å². The van der Waals surface area contributed by atoms with Gasteiger partial charge in [0.1, 0.15) is 0 Å². The Balaban J connectivity index is 2.94. The summed E-state index contributed by atoms with van der Waals surface area (Å²) in [6.45, 7) is 2.14. The van der Waals surface area contributed by atoms with E-state index in [4.69, 9.17) is 5.11 Å².